The molecule has 0 aromatic rings. The molecule has 3 heteroatoms. The van der Waals surface area contributed by atoms with Gasteiger partial charge >= 0.3 is 0 Å². The number of rotatable bonds is 6. The maximum absolute atomic E-state index is 11.6. The van der Waals surface area contributed by atoms with Gasteiger partial charge in [0.05, 0.1) is 0 Å². The van der Waals surface area contributed by atoms with Gasteiger partial charge in [0.25, 0.3) is 0 Å². The lowest BCUT2D eigenvalue weighted by Gasteiger charge is -2.23. The molecule has 0 aromatic heterocycles. The monoisotopic (exact) mass is 203 g/mol. The van der Waals surface area contributed by atoms with E-state index in [0.29, 0.717) is 12.4 Å². The Bertz CT molecular complexity index is 170. The van der Waals surface area contributed by atoms with Gasteiger partial charge < -0.3 is 4.90 Å². The molecular weight excluding hydrogens is 186 g/mol. The maximum Gasteiger partial charge on any atom is 0.226 e. The lowest BCUT2D eigenvalue weighted by molar-refractivity contribution is -0.133. The third-order valence-corrected chi connectivity index (χ3v) is 2.27. The van der Waals surface area contributed by atoms with E-state index in [1.165, 1.54) is 0 Å². The highest BCUT2D eigenvalue weighted by Gasteiger charge is 2.17. The molecule has 0 radical (unpaired) electrons. The van der Waals surface area contributed by atoms with E-state index in [0.717, 1.165) is 13.0 Å². The van der Waals surface area contributed by atoms with Gasteiger partial charge in [-0.05, 0) is 6.42 Å². The van der Waals surface area contributed by atoms with Crippen molar-refractivity contribution >= 4 is 17.5 Å². The summed E-state index contributed by atoms with van der Waals surface area (Å²) in [6, 6.07) is 0. The number of nitrogens with zero attached hydrogens (tertiary/aromatic N) is 1. The summed E-state index contributed by atoms with van der Waals surface area (Å²) >= 11 is 5.62. The summed E-state index contributed by atoms with van der Waals surface area (Å²) in [5, 5.41) is 0. The summed E-state index contributed by atoms with van der Waals surface area (Å²) in [6.07, 6.45) is 2.71. The van der Waals surface area contributed by atoms with Gasteiger partial charge in [0.15, 0.2) is 0 Å². The Morgan fingerprint density at radius 3 is 2.69 bits per heavy atom. The van der Waals surface area contributed by atoms with Crippen molar-refractivity contribution in [2.45, 2.75) is 20.3 Å². The van der Waals surface area contributed by atoms with Gasteiger partial charge in [0.1, 0.15) is 0 Å². The molecule has 0 bridgehead atoms. The smallest absolute Gasteiger partial charge is 0.226 e. The predicted octanol–water partition coefficient (Wildman–Crippen LogP) is 2.29. The van der Waals surface area contributed by atoms with Gasteiger partial charge in [-0.2, -0.15) is 0 Å². The molecule has 0 rings (SSSR count). The largest absolute Gasteiger partial charge is 0.339 e. The van der Waals surface area contributed by atoms with Gasteiger partial charge in [0.2, 0.25) is 5.91 Å². The van der Waals surface area contributed by atoms with Crippen molar-refractivity contribution in [1.82, 2.24) is 4.90 Å². The fourth-order valence-electron chi connectivity index (χ4n) is 1.09. The van der Waals surface area contributed by atoms with Gasteiger partial charge in [-0.25, -0.2) is 0 Å². The van der Waals surface area contributed by atoms with Crippen molar-refractivity contribution in [2.24, 2.45) is 5.92 Å². The van der Waals surface area contributed by atoms with Gasteiger partial charge in [-0.15, -0.1) is 18.2 Å². The molecule has 0 aliphatic carbocycles. The molecule has 0 aliphatic rings. The standard InChI is InChI=1S/C10H18ClNO/c1-4-6-12(7-5-2)10(13)9(3)8-11/h4,9H,1,5-8H2,2-3H3. The highest BCUT2D eigenvalue weighted by molar-refractivity contribution is 6.19. The summed E-state index contributed by atoms with van der Waals surface area (Å²) in [5.74, 6) is 0.417. The van der Waals surface area contributed by atoms with E-state index in [9.17, 15) is 4.79 Å². The maximum atomic E-state index is 11.6. The second-order valence-electron chi connectivity index (χ2n) is 3.13. The fraction of sp³-hybridized carbons (Fsp3) is 0.700. The number of alkyl halides is 1. The first-order valence-electron chi connectivity index (χ1n) is 4.63. The topological polar surface area (TPSA) is 20.3 Å². The molecule has 0 aliphatic heterocycles. The van der Waals surface area contributed by atoms with E-state index in [-0.39, 0.29) is 11.8 Å². The minimum Gasteiger partial charge on any atom is -0.339 e. The highest BCUT2D eigenvalue weighted by atomic mass is 35.5. The third-order valence-electron chi connectivity index (χ3n) is 1.81. The normalized spacial score (nSPS) is 12.2. The Labute approximate surface area is 85.6 Å². The molecular formula is C10H18ClNO. The molecule has 0 N–H and O–H groups in total. The summed E-state index contributed by atoms with van der Waals surface area (Å²) < 4.78 is 0. The number of hydrogen-bond donors (Lipinski definition) is 0. The van der Waals surface area contributed by atoms with Crippen molar-refractivity contribution in [3.63, 3.8) is 0 Å². The zero-order valence-corrected chi connectivity index (χ0v) is 9.18. The zero-order chi connectivity index (χ0) is 10.3. The molecule has 1 amide bonds. The van der Waals surface area contributed by atoms with Crippen molar-refractivity contribution in [3.05, 3.63) is 12.7 Å². The van der Waals surface area contributed by atoms with E-state index in [4.69, 9.17) is 11.6 Å². The molecule has 0 fully saturated rings. The average molecular weight is 204 g/mol. The lowest BCUT2D eigenvalue weighted by Crippen LogP contribution is -2.36. The van der Waals surface area contributed by atoms with E-state index >= 15 is 0 Å². The number of halogens is 1. The highest BCUT2D eigenvalue weighted by Crippen LogP contribution is 2.05. The van der Waals surface area contributed by atoms with E-state index in [1.807, 2.05) is 6.92 Å². The molecule has 0 saturated carbocycles. The van der Waals surface area contributed by atoms with Gasteiger partial charge in [-0.1, -0.05) is 19.9 Å². The van der Waals surface area contributed by atoms with Crippen LogP contribution in [0.15, 0.2) is 12.7 Å². The van der Waals surface area contributed by atoms with Gasteiger partial charge in [0, 0.05) is 24.9 Å². The second-order valence-corrected chi connectivity index (χ2v) is 3.44. The van der Waals surface area contributed by atoms with Crippen LogP contribution >= 0.6 is 11.6 Å². The lowest BCUT2D eigenvalue weighted by atomic mass is 10.2. The molecule has 0 spiro atoms. The molecule has 76 valence electrons. The first-order valence-corrected chi connectivity index (χ1v) is 5.16. The Hall–Kier alpha value is -0.500. The predicted molar refractivity (Wildman–Crippen MR) is 57.0 cm³/mol. The first kappa shape index (κ1) is 12.5. The molecule has 1 atom stereocenters. The number of amides is 1. The zero-order valence-electron chi connectivity index (χ0n) is 8.42. The first-order chi connectivity index (χ1) is 6.17. The molecule has 2 nitrogen and oxygen atoms in total. The molecule has 1 unspecified atom stereocenters. The van der Waals surface area contributed by atoms with Crippen LogP contribution in [-0.4, -0.2) is 29.8 Å². The number of hydrogen-bond acceptors (Lipinski definition) is 1. The molecule has 0 aromatic carbocycles. The average Bonchev–Trinajstić information content (AvgIpc) is 2.15. The van der Waals surface area contributed by atoms with Crippen LogP contribution in [0, 0.1) is 5.92 Å². The molecule has 13 heavy (non-hydrogen) atoms. The fourth-order valence-corrected chi connectivity index (χ4v) is 1.23. The van der Waals surface area contributed by atoms with Crippen LogP contribution in [0.1, 0.15) is 20.3 Å². The summed E-state index contributed by atoms with van der Waals surface area (Å²) in [7, 11) is 0. The third kappa shape index (κ3) is 4.32. The second kappa shape index (κ2) is 6.96. The van der Waals surface area contributed by atoms with Crippen molar-refractivity contribution in [3.8, 4) is 0 Å². The molecule has 0 heterocycles. The SMILES string of the molecule is C=CCN(CCC)C(=O)C(C)CCl. The Morgan fingerprint density at radius 2 is 2.31 bits per heavy atom. The summed E-state index contributed by atoms with van der Waals surface area (Å²) in [5.41, 5.74) is 0. The minimum absolute atomic E-state index is 0.0897. The van der Waals surface area contributed by atoms with Gasteiger partial charge in [-0.3, -0.25) is 4.79 Å². The van der Waals surface area contributed by atoms with Crippen molar-refractivity contribution < 1.29 is 4.79 Å². The van der Waals surface area contributed by atoms with Crippen LogP contribution in [0.4, 0.5) is 0 Å². The van der Waals surface area contributed by atoms with Crippen molar-refractivity contribution in [1.29, 1.82) is 0 Å². The van der Waals surface area contributed by atoms with E-state index in [2.05, 4.69) is 13.5 Å². The minimum atomic E-state index is -0.0897. The number of carbonyl (C=O) groups is 1. The van der Waals surface area contributed by atoms with E-state index in [1.54, 1.807) is 11.0 Å². The van der Waals surface area contributed by atoms with E-state index < -0.39 is 0 Å². The van der Waals surface area contributed by atoms with Crippen LogP contribution in [0.5, 0.6) is 0 Å². The summed E-state index contributed by atoms with van der Waals surface area (Å²) in [4.78, 5) is 13.4. The van der Waals surface area contributed by atoms with Crippen LogP contribution in [-0.2, 0) is 4.79 Å². The Morgan fingerprint density at radius 1 is 1.69 bits per heavy atom. The Kier molecular flexibility index (Phi) is 6.69. The van der Waals surface area contributed by atoms with Crippen LogP contribution < -0.4 is 0 Å². The number of carbonyl (C=O) groups excluding carboxylic acids is 1. The quantitative estimate of drug-likeness (QED) is 0.479. The summed E-state index contributed by atoms with van der Waals surface area (Å²) in [6.45, 7) is 8.92. The van der Waals surface area contributed by atoms with Crippen LogP contribution in [0.3, 0.4) is 0 Å². The molecule has 0 saturated heterocycles. The van der Waals surface area contributed by atoms with Crippen LogP contribution in [0.25, 0.3) is 0 Å². The van der Waals surface area contributed by atoms with Crippen LogP contribution in [0.2, 0.25) is 0 Å². The van der Waals surface area contributed by atoms with Crippen molar-refractivity contribution in [2.75, 3.05) is 19.0 Å². The Balaban J connectivity index is 4.17.